The highest BCUT2D eigenvalue weighted by molar-refractivity contribution is 5.65. The lowest BCUT2D eigenvalue weighted by Gasteiger charge is -2.41. The first-order valence-corrected chi connectivity index (χ1v) is 7.54. The predicted molar refractivity (Wildman–Crippen MR) is 80.7 cm³/mol. The molecule has 0 spiro atoms. The Morgan fingerprint density at radius 3 is 2.78 bits per heavy atom. The molecule has 0 aliphatic carbocycles. The van der Waals surface area contributed by atoms with Crippen molar-refractivity contribution in [3.8, 4) is 0 Å². The molecule has 122 valence electrons. The number of hydrogen-bond acceptors (Lipinski definition) is 5. The molecule has 0 bridgehead atoms. The van der Waals surface area contributed by atoms with Gasteiger partial charge in [0.15, 0.2) is 0 Å². The second-order valence-corrected chi connectivity index (χ2v) is 5.51. The van der Waals surface area contributed by atoms with E-state index >= 15 is 0 Å². The van der Waals surface area contributed by atoms with E-state index in [0.29, 0.717) is 39.1 Å². The first-order valence-electron chi connectivity index (χ1n) is 7.54. The van der Waals surface area contributed by atoms with Crippen LogP contribution < -0.4 is 0 Å². The molecular weight excluding hydrogens is 298 g/mol. The first kappa shape index (κ1) is 15.4. The van der Waals surface area contributed by atoms with Gasteiger partial charge in [0, 0.05) is 31.0 Å². The lowest BCUT2D eigenvalue weighted by Crippen LogP contribution is -2.46. The van der Waals surface area contributed by atoms with E-state index in [9.17, 15) is 4.79 Å². The second-order valence-electron chi connectivity index (χ2n) is 5.51. The Bertz CT molecular complexity index is 624. The molecule has 1 saturated heterocycles. The van der Waals surface area contributed by atoms with Crippen LogP contribution in [-0.4, -0.2) is 55.5 Å². The summed E-state index contributed by atoms with van der Waals surface area (Å²) in [4.78, 5) is 20.6. The van der Waals surface area contributed by atoms with Gasteiger partial charge in [-0.1, -0.05) is 6.07 Å². The average Bonchev–Trinajstić information content (AvgIpc) is 3.09. The largest absolute Gasteiger partial charge is 0.465 e. The van der Waals surface area contributed by atoms with Crippen molar-refractivity contribution in [3.05, 3.63) is 42.7 Å². The van der Waals surface area contributed by atoms with E-state index in [2.05, 4.69) is 15.1 Å². The maximum Gasteiger partial charge on any atom is 0.407 e. The van der Waals surface area contributed by atoms with E-state index in [1.54, 1.807) is 23.4 Å². The molecule has 0 saturated carbocycles. The lowest BCUT2D eigenvalue weighted by atomic mass is 9.85. The van der Waals surface area contributed by atoms with Crippen LogP contribution >= 0.6 is 0 Å². The topological polar surface area (TPSA) is 93.4 Å². The number of carboxylic acid groups (broad SMARTS) is 1. The molecule has 0 atom stereocenters. The zero-order valence-corrected chi connectivity index (χ0v) is 12.7. The van der Waals surface area contributed by atoms with Gasteiger partial charge < -0.3 is 14.7 Å². The molecule has 3 rings (SSSR count). The maximum absolute atomic E-state index is 11.1. The lowest BCUT2D eigenvalue weighted by molar-refractivity contribution is -0.0894. The minimum absolute atomic E-state index is 0.452. The highest BCUT2D eigenvalue weighted by Gasteiger charge is 2.38. The fourth-order valence-electron chi connectivity index (χ4n) is 2.89. The van der Waals surface area contributed by atoms with Crippen molar-refractivity contribution in [1.29, 1.82) is 0 Å². The van der Waals surface area contributed by atoms with E-state index in [0.717, 1.165) is 5.56 Å². The van der Waals surface area contributed by atoms with E-state index < -0.39 is 11.7 Å². The normalized spacial score (nSPS) is 17.1. The van der Waals surface area contributed by atoms with Crippen LogP contribution in [0.4, 0.5) is 4.79 Å². The van der Waals surface area contributed by atoms with Crippen molar-refractivity contribution < 1.29 is 14.6 Å². The molecule has 1 aliphatic rings. The molecule has 8 heteroatoms. The zero-order chi connectivity index (χ0) is 16.1. The molecule has 8 nitrogen and oxygen atoms in total. The first-order chi connectivity index (χ1) is 11.2. The minimum Gasteiger partial charge on any atom is -0.465 e. The number of ether oxygens (including phenoxy) is 1. The van der Waals surface area contributed by atoms with E-state index in [1.807, 2.05) is 12.1 Å². The number of aromatic nitrogens is 4. The molecule has 3 heterocycles. The summed E-state index contributed by atoms with van der Waals surface area (Å²) in [6.07, 6.45) is 7.00. The third-order valence-electron chi connectivity index (χ3n) is 4.19. The summed E-state index contributed by atoms with van der Waals surface area (Å²) in [5, 5.41) is 13.2. The van der Waals surface area contributed by atoms with Crippen LogP contribution in [0.2, 0.25) is 0 Å². The van der Waals surface area contributed by atoms with Gasteiger partial charge in [-0.25, -0.2) is 9.78 Å². The Balaban J connectivity index is 1.71. The number of pyridine rings is 1. The second kappa shape index (κ2) is 6.74. The third-order valence-corrected chi connectivity index (χ3v) is 4.19. The quantitative estimate of drug-likeness (QED) is 0.895. The van der Waals surface area contributed by atoms with Gasteiger partial charge in [0.05, 0.1) is 18.8 Å². The molecule has 1 aliphatic heterocycles. The molecule has 1 amide bonds. The number of piperidine rings is 1. The third kappa shape index (κ3) is 3.48. The standard InChI is InChI=1S/C15H19N5O3/c21-14(22)19-6-3-15(4-7-19,13-2-1-5-16-10-13)23-9-8-20-12-17-11-18-20/h1-2,5,10-12H,3-4,6-9H2,(H,21,22). The highest BCUT2D eigenvalue weighted by atomic mass is 16.5. The summed E-state index contributed by atoms with van der Waals surface area (Å²) >= 11 is 0. The average molecular weight is 317 g/mol. The van der Waals surface area contributed by atoms with Crippen molar-refractivity contribution in [1.82, 2.24) is 24.6 Å². The summed E-state index contributed by atoms with van der Waals surface area (Å²) < 4.78 is 7.92. The molecule has 1 N–H and O–H groups in total. The van der Waals surface area contributed by atoms with Crippen molar-refractivity contribution >= 4 is 6.09 Å². The number of rotatable bonds is 5. The highest BCUT2D eigenvalue weighted by Crippen LogP contribution is 2.36. The molecule has 0 aromatic carbocycles. The molecule has 1 fully saturated rings. The van der Waals surface area contributed by atoms with Gasteiger partial charge in [0.1, 0.15) is 12.7 Å². The Labute approximate surface area is 133 Å². The fourth-order valence-corrected chi connectivity index (χ4v) is 2.89. The molecular formula is C15H19N5O3. The molecule has 0 radical (unpaired) electrons. The number of carbonyl (C=O) groups is 1. The van der Waals surface area contributed by atoms with Gasteiger partial charge in [-0.3, -0.25) is 9.67 Å². The van der Waals surface area contributed by atoms with E-state index in [4.69, 9.17) is 9.84 Å². The Hall–Kier alpha value is -2.48. The predicted octanol–water partition coefficient (Wildman–Crippen LogP) is 1.36. The SMILES string of the molecule is O=C(O)N1CCC(OCCn2cncn2)(c2cccnc2)CC1. The van der Waals surface area contributed by atoms with E-state index in [1.165, 1.54) is 11.2 Å². The summed E-state index contributed by atoms with van der Waals surface area (Å²) in [6.45, 7) is 1.98. The van der Waals surface area contributed by atoms with Gasteiger partial charge in [0.25, 0.3) is 0 Å². The van der Waals surface area contributed by atoms with Crippen molar-refractivity contribution in [2.75, 3.05) is 19.7 Å². The van der Waals surface area contributed by atoms with Gasteiger partial charge in [-0.05, 0) is 18.9 Å². The number of likely N-dealkylation sites (tertiary alicyclic amines) is 1. The van der Waals surface area contributed by atoms with Crippen LogP contribution in [0, 0.1) is 0 Å². The molecule has 2 aromatic rings. The van der Waals surface area contributed by atoms with Gasteiger partial charge in [0.2, 0.25) is 0 Å². The van der Waals surface area contributed by atoms with Crippen LogP contribution in [0.1, 0.15) is 18.4 Å². The van der Waals surface area contributed by atoms with Gasteiger partial charge in [-0.15, -0.1) is 0 Å². The maximum atomic E-state index is 11.1. The summed E-state index contributed by atoms with van der Waals surface area (Å²) in [5.74, 6) is 0. The van der Waals surface area contributed by atoms with Crippen LogP contribution in [0.5, 0.6) is 0 Å². The Morgan fingerprint density at radius 1 is 1.35 bits per heavy atom. The minimum atomic E-state index is -0.882. The zero-order valence-electron chi connectivity index (χ0n) is 12.7. The number of hydrogen-bond donors (Lipinski definition) is 1. The van der Waals surface area contributed by atoms with Crippen molar-refractivity contribution in [2.45, 2.75) is 25.0 Å². The van der Waals surface area contributed by atoms with Crippen LogP contribution in [-0.2, 0) is 16.9 Å². The van der Waals surface area contributed by atoms with Crippen LogP contribution in [0.15, 0.2) is 37.2 Å². The number of nitrogens with zero attached hydrogens (tertiary/aromatic N) is 5. The molecule has 2 aromatic heterocycles. The van der Waals surface area contributed by atoms with Crippen LogP contribution in [0.3, 0.4) is 0 Å². The summed E-state index contributed by atoms with van der Waals surface area (Å²) in [5.41, 5.74) is 0.490. The van der Waals surface area contributed by atoms with Crippen molar-refractivity contribution in [3.63, 3.8) is 0 Å². The van der Waals surface area contributed by atoms with E-state index in [-0.39, 0.29) is 0 Å². The molecule has 0 unspecified atom stereocenters. The monoisotopic (exact) mass is 317 g/mol. The van der Waals surface area contributed by atoms with Crippen LogP contribution in [0.25, 0.3) is 0 Å². The molecule has 23 heavy (non-hydrogen) atoms. The Morgan fingerprint density at radius 2 is 2.17 bits per heavy atom. The van der Waals surface area contributed by atoms with Gasteiger partial charge in [-0.2, -0.15) is 5.10 Å². The number of amides is 1. The smallest absolute Gasteiger partial charge is 0.407 e. The van der Waals surface area contributed by atoms with Crippen molar-refractivity contribution in [2.24, 2.45) is 0 Å². The summed E-state index contributed by atoms with van der Waals surface area (Å²) in [7, 11) is 0. The van der Waals surface area contributed by atoms with Gasteiger partial charge >= 0.3 is 6.09 Å². The Kier molecular flexibility index (Phi) is 4.52. The summed E-state index contributed by atoms with van der Waals surface area (Å²) in [6, 6.07) is 3.86. The fraction of sp³-hybridized carbons (Fsp3) is 0.467.